The molecule has 0 bridgehead atoms. The number of aliphatic hydroxyl groups is 1. The molecule has 106 valence electrons. The van der Waals surface area contributed by atoms with Gasteiger partial charge in [-0.3, -0.25) is 0 Å². The third kappa shape index (κ3) is 4.13. The van der Waals surface area contributed by atoms with Crippen molar-refractivity contribution in [1.29, 1.82) is 0 Å². The monoisotopic (exact) mass is 337 g/mol. The van der Waals surface area contributed by atoms with E-state index in [1.54, 1.807) is 12.1 Å². The largest absolute Gasteiger partial charge is 0.387 e. The first-order valence-electron chi connectivity index (χ1n) is 6.48. The first-order valence-corrected chi connectivity index (χ1v) is 7.28. The average molecular weight is 338 g/mol. The van der Waals surface area contributed by atoms with Gasteiger partial charge in [0.25, 0.3) is 0 Å². The molecule has 1 unspecified atom stereocenters. The molecular weight excluding hydrogens is 321 g/mol. The number of rotatable bonds is 5. The summed E-state index contributed by atoms with van der Waals surface area (Å²) in [5, 5.41) is 13.3. The van der Waals surface area contributed by atoms with Gasteiger partial charge in [-0.15, -0.1) is 0 Å². The van der Waals surface area contributed by atoms with Crippen molar-refractivity contribution < 1.29 is 9.50 Å². The van der Waals surface area contributed by atoms with E-state index < -0.39 is 6.10 Å². The van der Waals surface area contributed by atoms with Gasteiger partial charge in [0.15, 0.2) is 0 Å². The summed E-state index contributed by atoms with van der Waals surface area (Å²) >= 11 is 3.40. The van der Waals surface area contributed by atoms with Crippen LogP contribution in [0.25, 0.3) is 0 Å². The molecule has 0 saturated carbocycles. The Bertz CT molecular complexity index is 559. The molecule has 2 nitrogen and oxygen atoms in total. The van der Waals surface area contributed by atoms with Gasteiger partial charge >= 0.3 is 0 Å². The maximum absolute atomic E-state index is 13.1. The zero-order valence-corrected chi connectivity index (χ0v) is 12.8. The highest BCUT2D eigenvalue weighted by atomic mass is 79.9. The van der Waals surface area contributed by atoms with Crippen molar-refractivity contribution in [3.63, 3.8) is 0 Å². The van der Waals surface area contributed by atoms with Crippen LogP contribution in [0.5, 0.6) is 0 Å². The van der Waals surface area contributed by atoms with Gasteiger partial charge in [-0.05, 0) is 42.3 Å². The van der Waals surface area contributed by atoms with E-state index in [0.717, 1.165) is 10.0 Å². The lowest BCUT2D eigenvalue weighted by molar-refractivity contribution is 0.170. The van der Waals surface area contributed by atoms with E-state index >= 15 is 0 Å². The molecule has 2 N–H and O–H groups in total. The van der Waals surface area contributed by atoms with Crippen molar-refractivity contribution >= 4 is 15.9 Å². The number of hydrogen-bond donors (Lipinski definition) is 2. The molecule has 2 aromatic carbocycles. The molecule has 2 atom stereocenters. The Hall–Kier alpha value is -1.23. The van der Waals surface area contributed by atoms with Crippen LogP contribution in [0.4, 0.5) is 4.39 Å². The van der Waals surface area contributed by atoms with Crippen molar-refractivity contribution in [3.05, 3.63) is 69.9 Å². The smallest absolute Gasteiger partial charge is 0.123 e. The minimum atomic E-state index is -0.719. The summed E-state index contributed by atoms with van der Waals surface area (Å²) in [6.07, 6.45) is -0.719. The Labute approximate surface area is 126 Å². The third-order valence-electron chi connectivity index (χ3n) is 3.22. The molecule has 0 aliphatic heterocycles. The third-order valence-corrected chi connectivity index (χ3v) is 3.75. The lowest BCUT2D eigenvalue weighted by Gasteiger charge is -2.18. The molecule has 4 heteroatoms. The van der Waals surface area contributed by atoms with E-state index in [-0.39, 0.29) is 11.9 Å². The fourth-order valence-electron chi connectivity index (χ4n) is 1.99. The zero-order chi connectivity index (χ0) is 14.5. The molecule has 0 heterocycles. The molecule has 0 saturated heterocycles. The van der Waals surface area contributed by atoms with Gasteiger partial charge in [0.05, 0.1) is 6.10 Å². The molecule has 0 spiro atoms. The Balaban J connectivity index is 1.93. The van der Waals surface area contributed by atoms with Crippen LogP contribution in [0.3, 0.4) is 0 Å². The van der Waals surface area contributed by atoms with E-state index in [4.69, 9.17) is 0 Å². The lowest BCUT2D eigenvalue weighted by Crippen LogP contribution is -2.24. The lowest BCUT2D eigenvalue weighted by atomic mass is 10.1. The molecule has 2 rings (SSSR count). The molecule has 0 fully saturated rings. The Morgan fingerprint density at radius 1 is 1.15 bits per heavy atom. The highest BCUT2D eigenvalue weighted by molar-refractivity contribution is 9.10. The minimum absolute atomic E-state index is 0.117. The topological polar surface area (TPSA) is 32.3 Å². The summed E-state index contributed by atoms with van der Waals surface area (Å²) in [5.41, 5.74) is 1.72. The summed E-state index contributed by atoms with van der Waals surface area (Å²) in [6, 6.07) is 14.2. The normalized spacial score (nSPS) is 14.0. The number of halogens is 2. The van der Waals surface area contributed by atoms with E-state index in [0.29, 0.717) is 12.1 Å². The Morgan fingerprint density at radius 2 is 1.85 bits per heavy atom. The van der Waals surface area contributed by atoms with Gasteiger partial charge < -0.3 is 10.4 Å². The average Bonchev–Trinajstić information content (AvgIpc) is 2.45. The van der Waals surface area contributed by atoms with E-state index in [1.807, 2.05) is 31.2 Å². The maximum Gasteiger partial charge on any atom is 0.123 e. The molecular formula is C16H17BrFNO. The van der Waals surface area contributed by atoms with Crippen LogP contribution in [-0.4, -0.2) is 11.7 Å². The van der Waals surface area contributed by atoms with Crippen molar-refractivity contribution in [2.45, 2.75) is 19.1 Å². The van der Waals surface area contributed by atoms with Crippen LogP contribution in [0.15, 0.2) is 53.0 Å². The first kappa shape index (κ1) is 15.2. The van der Waals surface area contributed by atoms with Crippen molar-refractivity contribution in [3.8, 4) is 0 Å². The predicted octanol–water partition coefficient (Wildman–Crippen LogP) is 3.97. The van der Waals surface area contributed by atoms with Gasteiger partial charge in [0, 0.05) is 17.1 Å². The standard InChI is InChI=1S/C16H17BrFNO/c1-11(12-5-7-14(17)8-6-12)19-10-16(20)13-3-2-4-15(18)9-13/h2-9,11,16,19-20H,10H2,1H3/t11-,16?/m1/s1. The number of benzene rings is 2. The second-order valence-corrected chi connectivity index (χ2v) is 5.67. The Morgan fingerprint density at radius 3 is 2.50 bits per heavy atom. The molecule has 0 aliphatic carbocycles. The van der Waals surface area contributed by atoms with Gasteiger partial charge in [0.1, 0.15) is 5.82 Å². The Kier molecular flexibility index (Phi) is 5.29. The number of aliphatic hydroxyl groups excluding tert-OH is 1. The highest BCUT2D eigenvalue weighted by Crippen LogP contribution is 2.18. The highest BCUT2D eigenvalue weighted by Gasteiger charge is 2.11. The quantitative estimate of drug-likeness (QED) is 0.865. The van der Waals surface area contributed by atoms with Crippen LogP contribution in [0, 0.1) is 5.82 Å². The van der Waals surface area contributed by atoms with Crippen LogP contribution in [0.1, 0.15) is 30.2 Å². The van der Waals surface area contributed by atoms with Crippen LogP contribution in [0.2, 0.25) is 0 Å². The molecule has 0 aromatic heterocycles. The van der Waals surface area contributed by atoms with E-state index in [9.17, 15) is 9.50 Å². The molecule has 0 aliphatic rings. The van der Waals surface area contributed by atoms with Gasteiger partial charge in [-0.2, -0.15) is 0 Å². The van der Waals surface area contributed by atoms with Crippen LogP contribution >= 0.6 is 15.9 Å². The zero-order valence-electron chi connectivity index (χ0n) is 11.2. The summed E-state index contributed by atoms with van der Waals surface area (Å²) in [7, 11) is 0. The van der Waals surface area contributed by atoms with Gasteiger partial charge in [0.2, 0.25) is 0 Å². The van der Waals surface area contributed by atoms with Crippen LogP contribution in [-0.2, 0) is 0 Å². The number of nitrogens with one attached hydrogen (secondary N) is 1. The molecule has 0 radical (unpaired) electrons. The van der Waals surface area contributed by atoms with Crippen LogP contribution < -0.4 is 5.32 Å². The molecule has 0 amide bonds. The summed E-state index contributed by atoms with van der Waals surface area (Å²) in [5.74, 6) is -0.331. The van der Waals surface area contributed by atoms with Crippen molar-refractivity contribution in [2.75, 3.05) is 6.54 Å². The fourth-order valence-corrected chi connectivity index (χ4v) is 2.25. The molecule has 2 aromatic rings. The summed E-state index contributed by atoms with van der Waals surface area (Å²) in [6.45, 7) is 2.40. The van der Waals surface area contributed by atoms with Crippen molar-refractivity contribution in [1.82, 2.24) is 5.32 Å². The SMILES string of the molecule is C[C@@H](NCC(O)c1cccc(F)c1)c1ccc(Br)cc1. The minimum Gasteiger partial charge on any atom is -0.387 e. The van der Waals surface area contributed by atoms with E-state index in [1.165, 1.54) is 12.1 Å². The first-order chi connectivity index (χ1) is 9.56. The second kappa shape index (κ2) is 6.97. The predicted molar refractivity (Wildman–Crippen MR) is 81.9 cm³/mol. The fraction of sp³-hybridized carbons (Fsp3) is 0.250. The maximum atomic E-state index is 13.1. The van der Waals surface area contributed by atoms with Gasteiger partial charge in [-0.25, -0.2) is 4.39 Å². The molecule has 20 heavy (non-hydrogen) atoms. The van der Waals surface area contributed by atoms with Gasteiger partial charge in [-0.1, -0.05) is 40.2 Å². The van der Waals surface area contributed by atoms with E-state index in [2.05, 4.69) is 21.2 Å². The van der Waals surface area contributed by atoms with Crippen molar-refractivity contribution in [2.24, 2.45) is 0 Å². The summed E-state index contributed by atoms with van der Waals surface area (Å²) < 4.78 is 14.1. The summed E-state index contributed by atoms with van der Waals surface area (Å²) in [4.78, 5) is 0. The second-order valence-electron chi connectivity index (χ2n) is 4.75. The number of hydrogen-bond acceptors (Lipinski definition) is 2.